The van der Waals surface area contributed by atoms with Crippen molar-refractivity contribution in [3.63, 3.8) is 0 Å². The Kier molecular flexibility index (Phi) is 5.20. The van der Waals surface area contributed by atoms with Gasteiger partial charge in [0, 0.05) is 13.1 Å². The predicted octanol–water partition coefficient (Wildman–Crippen LogP) is 2.43. The molecule has 1 aliphatic heterocycles. The van der Waals surface area contributed by atoms with E-state index in [2.05, 4.69) is 6.58 Å². The molecule has 0 aromatic heterocycles. The standard InChI is InChI=1S/C17H21NO4/c1-3-10-22-15-7-5-4-6-14(15)16(19)18-9-8-13(17(20)21)12(2)11-18/h3-7,12-13H,1,8-11H2,2H3,(H,20,21). The second-order valence-electron chi connectivity index (χ2n) is 5.56. The fourth-order valence-electron chi connectivity index (χ4n) is 2.79. The Morgan fingerprint density at radius 2 is 2.18 bits per heavy atom. The van der Waals surface area contributed by atoms with Crippen LogP contribution in [0.2, 0.25) is 0 Å². The summed E-state index contributed by atoms with van der Waals surface area (Å²) in [5.41, 5.74) is 0.505. The van der Waals surface area contributed by atoms with Crippen LogP contribution in [0.3, 0.4) is 0 Å². The minimum absolute atomic E-state index is 0.0588. The van der Waals surface area contributed by atoms with E-state index in [1.807, 2.05) is 13.0 Å². The van der Waals surface area contributed by atoms with Crippen molar-refractivity contribution in [2.24, 2.45) is 11.8 Å². The highest BCUT2D eigenvalue weighted by molar-refractivity contribution is 5.97. The number of aliphatic carboxylic acids is 1. The molecule has 1 N–H and O–H groups in total. The number of likely N-dealkylation sites (tertiary alicyclic amines) is 1. The molecule has 0 aliphatic carbocycles. The summed E-state index contributed by atoms with van der Waals surface area (Å²) in [6, 6.07) is 7.09. The average Bonchev–Trinajstić information content (AvgIpc) is 2.52. The zero-order chi connectivity index (χ0) is 16.1. The number of benzene rings is 1. The second-order valence-corrected chi connectivity index (χ2v) is 5.56. The normalized spacial score (nSPS) is 21.2. The maximum atomic E-state index is 12.7. The summed E-state index contributed by atoms with van der Waals surface area (Å²) in [5, 5.41) is 9.16. The lowest BCUT2D eigenvalue weighted by Gasteiger charge is -2.35. The van der Waals surface area contributed by atoms with Gasteiger partial charge in [-0.2, -0.15) is 0 Å². The van der Waals surface area contributed by atoms with E-state index in [9.17, 15) is 9.59 Å². The van der Waals surface area contributed by atoms with Gasteiger partial charge in [0.15, 0.2) is 0 Å². The molecule has 5 heteroatoms. The number of carboxylic acid groups (broad SMARTS) is 1. The second kappa shape index (κ2) is 7.11. The summed E-state index contributed by atoms with van der Waals surface area (Å²) in [5.74, 6) is -0.808. The molecule has 1 heterocycles. The van der Waals surface area contributed by atoms with Gasteiger partial charge < -0.3 is 14.7 Å². The highest BCUT2D eigenvalue weighted by atomic mass is 16.5. The molecule has 118 valence electrons. The summed E-state index contributed by atoms with van der Waals surface area (Å²) in [6.07, 6.45) is 2.11. The van der Waals surface area contributed by atoms with E-state index in [-0.39, 0.29) is 17.7 Å². The Bertz CT molecular complexity index is 570. The first-order valence-electron chi connectivity index (χ1n) is 7.39. The summed E-state index contributed by atoms with van der Waals surface area (Å²) in [4.78, 5) is 25.5. The summed E-state index contributed by atoms with van der Waals surface area (Å²) < 4.78 is 5.52. The molecule has 1 saturated heterocycles. The lowest BCUT2D eigenvalue weighted by atomic mass is 9.87. The van der Waals surface area contributed by atoms with Crippen molar-refractivity contribution in [3.8, 4) is 5.75 Å². The van der Waals surface area contributed by atoms with Gasteiger partial charge in [-0.3, -0.25) is 9.59 Å². The van der Waals surface area contributed by atoms with Crippen LogP contribution in [-0.4, -0.2) is 41.6 Å². The highest BCUT2D eigenvalue weighted by Crippen LogP contribution is 2.27. The van der Waals surface area contributed by atoms with Gasteiger partial charge in [0.05, 0.1) is 11.5 Å². The number of ether oxygens (including phenoxy) is 1. The molecule has 0 bridgehead atoms. The first kappa shape index (κ1) is 16.1. The number of carbonyl (C=O) groups excluding carboxylic acids is 1. The van der Waals surface area contributed by atoms with Gasteiger partial charge >= 0.3 is 5.97 Å². The molecule has 22 heavy (non-hydrogen) atoms. The molecular weight excluding hydrogens is 282 g/mol. The molecule has 0 saturated carbocycles. The maximum absolute atomic E-state index is 12.7. The smallest absolute Gasteiger partial charge is 0.306 e. The van der Waals surface area contributed by atoms with Crippen molar-refractivity contribution in [2.75, 3.05) is 19.7 Å². The number of hydrogen-bond acceptors (Lipinski definition) is 3. The molecular formula is C17H21NO4. The summed E-state index contributed by atoms with van der Waals surface area (Å²) in [6.45, 7) is 6.71. The molecule has 1 aliphatic rings. The molecule has 0 spiro atoms. The van der Waals surface area contributed by atoms with Crippen LogP contribution in [0.4, 0.5) is 0 Å². The predicted molar refractivity (Wildman–Crippen MR) is 82.9 cm³/mol. The van der Waals surface area contributed by atoms with Crippen LogP contribution < -0.4 is 4.74 Å². The lowest BCUT2D eigenvalue weighted by Crippen LogP contribution is -2.45. The Morgan fingerprint density at radius 1 is 1.45 bits per heavy atom. The number of carbonyl (C=O) groups is 2. The summed E-state index contributed by atoms with van der Waals surface area (Å²) in [7, 11) is 0. The Morgan fingerprint density at radius 3 is 2.82 bits per heavy atom. The van der Waals surface area contributed by atoms with Crippen LogP contribution >= 0.6 is 0 Å². The van der Waals surface area contributed by atoms with Crippen molar-refractivity contribution < 1.29 is 19.4 Å². The molecule has 5 nitrogen and oxygen atoms in total. The van der Waals surface area contributed by atoms with Crippen molar-refractivity contribution in [3.05, 3.63) is 42.5 Å². The van der Waals surface area contributed by atoms with Crippen molar-refractivity contribution >= 4 is 11.9 Å². The average molecular weight is 303 g/mol. The molecule has 0 radical (unpaired) electrons. The fourth-order valence-corrected chi connectivity index (χ4v) is 2.79. The van der Waals surface area contributed by atoms with Gasteiger partial charge in [-0.05, 0) is 24.5 Å². The van der Waals surface area contributed by atoms with E-state index < -0.39 is 5.97 Å². The first-order valence-corrected chi connectivity index (χ1v) is 7.39. The third-order valence-electron chi connectivity index (χ3n) is 3.98. The van der Waals surface area contributed by atoms with Gasteiger partial charge in [0.25, 0.3) is 5.91 Å². The third kappa shape index (κ3) is 3.47. The maximum Gasteiger partial charge on any atom is 0.306 e. The van der Waals surface area contributed by atoms with E-state index >= 15 is 0 Å². The van der Waals surface area contributed by atoms with Gasteiger partial charge in [0.2, 0.25) is 0 Å². The van der Waals surface area contributed by atoms with Gasteiger partial charge in [-0.15, -0.1) is 0 Å². The van der Waals surface area contributed by atoms with Crippen LogP contribution in [0.15, 0.2) is 36.9 Å². The number of nitrogens with zero attached hydrogens (tertiary/aromatic N) is 1. The molecule has 1 fully saturated rings. The first-order chi connectivity index (χ1) is 10.5. The Hall–Kier alpha value is -2.30. The number of amides is 1. The Balaban J connectivity index is 2.12. The molecule has 2 rings (SSSR count). The number of carboxylic acids is 1. The van der Waals surface area contributed by atoms with Gasteiger partial charge in [0.1, 0.15) is 12.4 Å². The monoisotopic (exact) mass is 303 g/mol. The van der Waals surface area contributed by atoms with Crippen LogP contribution in [0.5, 0.6) is 5.75 Å². The summed E-state index contributed by atoms with van der Waals surface area (Å²) >= 11 is 0. The zero-order valence-electron chi connectivity index (χ0n) is 12.7. The van der Waals surface area contributed by atoms with Gasteiger partial charge in [-0.1, -0.05) is 31.7 Å². The van der Waals surface area contributed by atoms with Crippen molar-refractivity contribution in [2.45, 2.75) is 13.3 Å². The topological polar surface area (TPSA) is 66.8 Å². The van der Waals surface area contributed by atoms with Crippen molar-refractivity contribution in [1.82, 2.24) is 4.90 Å². The number of rotatable bonds is 5. The van der Waals surface area contributed by atoms with Crippen LogP contribution in [0.1, 0.15) is 23.7 Å². The number of piperidine rings is 1. The van der Waals surface area contributed by atoms with E-state index in [0.717, 1.165) is 0 Å². The minimum atomic E-state index is -0.783. The third-order valence-corrected chi connectivity index (χ3v) is 3.98. The molecule has 1 aromatic rings. The minimum Gasteiger partial charge on any atom is -0.489 e. The molecule has 2 atom stereocenters. The molecule has 1 amide bonds. The van der Waals surface area contributed by atoms with Crippen LogP contribution in [0.25, 0.3) is 0 Å². The van der Waals surface area contributed by atoms with Gasteiger partial charge in [-0.25, -0.2) is 0 Å². The molecule has 2 unspecified atom stereocenters. The Labute approximate surface area is 130 Å². The van der Waals surface area contributed by atoms with Crippen LogP contribution in [-0.2, 0) is 4.79 Å². The van der Waals surface area contributed by atoms with Crippen molar-refractivity contribution in [1.29, 1.82) is 0 Å². The van der Waals surface area contributed by atoms with E-state index in [1.54, 1.807) is 29.2 Å². The number of para-hydroxylation sites is 1. The van der Waals surface area contributed by atoms with E-state index in [4.69, 9.17) is 9.84 Å². The largest absolute Gasteiger partial charge is 0.489 e. The quantitative estimate of drug-likeness (QED) is 0.848. The van der Waals surface area contributed by atoms with E-state index in [0.29, 0.717) is 37.4 Å². The van der Waals surface area contributed by atoms with E-state index in [1.165, 1.54) is 0 Å². The number of hydrogen-bond donors (Lipinski definition) is 1. The SMILES string of the molecule is C=CCOc1ccccc1C(=O)N1CCC(C(=O)O)C(C)C1. The molecule has 1 aromatic carbocycles. The highest BCUT2D eigenvalue weighted by Gasteiger charge is 2.33. The fraction of sp³-hybridized carbons (Fsp3) is 0.412. The van der Waals surface area contributed by atoms with Crippen LogP contribution in [0, 0.1) is 11.8 Å². The lowest BCUT2D eigenvalue weighted by molar-refractivity contribution is -0.145. The zero-order valence-corrected chi connectivity index (χ0v) is 12.7.